The zero-order valence-electron chi connectivity index (χ0n) is 10.6. The number of rotatable bonds is 7. The minimum Gasteiger partial charge on any atom is -0.481 e. The molecule has 1 aromatic rings. The van der Waals surface area contributed by atoms with Gasteiger partial charge in [0.25, 0.3) is 0 Å². The number of carboxylic acids is 1. The number of carbonyl (C=O) groups is 1. The van der Waals surface area contributed by atoms with Crippen LogP contribution in [0.15, 0.2) is 11.1 Å². The van der Waals surface area contributed by atoms with Gasteiger partial charge in [-0.15, -0.1) is 0 Å². The maximum absolute atomic E-state index is 10.6. The second-order valence-corrected chi connectivity index (χ2v) is 4.92. The third-order valence-electron chi connectivity index (χ3n) is 2.75. The minimum atomic E-state index is -0.787. The Morgan fingerprint density at radius 1 is 1.47 bits per heavy atom. The number of hydrogen-bond acceptors (Lipinski definition) is 3. The summed E-state index contributed by atoms with van der Waals surface area (Å²) in [4.78, 5) is 10.6. The lowest BCUT2D eigenvalue weighted by atomic mass is 10.2. The van der Waals surface area contributed by atoms with Gasteiger partial charge in [-0.2, -0.15) is 5.10 Å². The van der Waals surface area contributed by atoms with Gasteiger partial charge in [0.05, 0.1) is 22.5 Å². The van der Waals surface area contributed by atoms with Crippen molar-refractivity contribution in [2.24, 2.45) is 0 Å². The summed E-state index contributed by atoms with van der Waals surface area (Å²) in [5.41, 5.74) is 1.03. The molecule has 17 heavy (non-hydrogen) atoms. The Morgan fingerprint density at radius 2 is 2.12 bits per heavy atom. The minimum absolute atomic E-state index is 0.0923. The SMILES string of the molecule is CCc1cc(SCC(=O)O)n(C(CC)CC)n1. The first-order valence-corrected chi connectivity index (χ1v) is 7.03. The highest BCUT2D eigenvalue weighted by molar-refractivity contribution is 7.99. The van der Waals surface area contributed by atoms with Gasteiger partial charge in [0.15, 0.2) is 0 Å². The van der Waals surface area contributed by atoms with Gasteiger partial charge in [0.1, 0.15) is 0 Å². The van der Waals surface area contributed by atoms with Gasteiger partial charge >= 0.3 is 5.97 Å². The van der Waals surface area contributed by atoms with Crippen molar-refractivity contribution in [3.63, 3.8) is 0 Å². The molecule has 0 aliphatic rings. The quantitative estimate of drug-likeness (QED) is 0.762. The van der Waals surface area contributed by atoms with Crippen molar-refractivity contribution in [2.75, 3.05) is 5.75 Å². The lowest BCUT2D eigenvalue weighted by Gasteiger charge is -2.15. The van der Waals surface area contributed by atoms with Crippen molar-refractivity contribution in [3.8, 4) is 0 Å². The Balaban J connectivity index is 2.91. The highest BCUT2D eigenvalue weighted by atomic mass is 32.2. The van der Waals surface area contributed by atoms with Crippen LogP contribution >= 0.6 is 11.8 Å². The molecule has 0 aliphatic heterocycles. The molecule has 5 heteroatoms. The van der Waals surface area contributed by atoms with E-state index in [1.54, 1.807) is 0 Å². The van der Waals surface area contributed by atoms with Crippen LogP contribution in [0.25, 0.3) is 0 Å². The van der Waals surface area contributed by atoms with E-state index in [1.165, 1.54) is 11.8 Å². The molecule has 0 radical (unpaired) electrons. The van der Waals surface area contributed by atoms with E-state index >= 15 is 0 Å². The number of thioether (sulfide) groups is 1. The van der Waals surface area contributed by atoms with Gasteiger partial charge in [-0.25, -0.2) is 0 Å². The van der Waals surface area contributed by atoms with Crippen molar-refractivity contribution in [1.29, 1.82) is 0 Å². The fraction of sp³-hybridized carbons (Fsp3) is 0.667. The van der Waals surface area contributed by atoms with E-state index in [1.807, 2.05) is 10.7 Å². The normalized spacial score (nSPS) is 11.1. The summed E-state index contributed by atoms with van der Waals surface area (Å²) in [6.07, 6.45) is 2.91. The van der Waals surface area contributed by atoms with Crippen LogP contribution in [0.5, 0.6) is 0 Å². The maximum Gasteiger partial charge on any atom is 0.313 e. The second-order valence-electron chi connectivity index (χ2n) is 3.92. The zero-order chi connectivity index (χ0) is 12.8. The summed E-state index contributed by atoms with van der Waals surface area (Å²) in [7, 11) is 0. The largest absolute Gasteiger partial charge is 0.481 e. The van der Waals surface area contributed by atoms with Crippen LogP contribution in [0.1, 0.15) is 45.3 Å². The molecular formula is C12H20N2O2S. The Bertz CT molecular complexity index is 373. The molecule has 0 bridgehead atoms. The Morgan fingerprint density at radius 3 is 2.59 bits per heavy atom. The van der Waals surface area contributed by atoms with Crippen LogP contribution in [-0.4, -0.2) is 26.6 Å². The average molecular weight is 256 g/mol. The molecule has 1 N–H and O–H groups in total. The molecule has 0 aliphatic carbocycles. The average Bonchev–Trinajstić information content (AvgIpc) is 2.71. The van der Waals surface area contributed by atoms with E-state index in [9.17, 15) is 4.79 Å². The van der Waals surface area contributed by atoms with Crippen molar-refractivity contribution in [1.82, 2.24) is 9.78 Å². The van der Waals surface area contributed by atoms with Gasteiger partial charge in [0, 0.05) is 0 Å². The first-order chi connectivity index (χ1) is 8.12. The predicted molar refractivity (Wildman–Crippen MR) is 69.6 cm³/mol. The summed E-state index contributed by atoms with van der Waals surface area (Å²) in [6, 6.07) is 2.37. The molecule has 1 heterocycles. The number of aryl methyl sites for hydroxylation is 1. The van der Waals surface area contributed by atoms with Crippen LogP contribution in [0.3, 0.4) is 0 Å². The van der Waals surface area contributed by atoms with Gasteiger partial charge in [0.2, 0.25) is 0 Å². The Hall–Kier alpha value is -0.970. The number of nitrogens with zero attached hydrogens (tertiary/aromatic N) is 2. The van der Waals surface area contributed by atoms with Crippen molar-refractivity contribution in [2.45, 2.75) is 51.1 Å². The first-order valence-electron chi connectivity index (χ1n) is 6.05. The standard InChI is InChI=1S/C12H20N2O2S/c1-4-9-7-11(17-8-12(15)16)14(13-9)10(5-2)6-3/h7,10H,4-6,8H2,1-3H3,(H,15,16). The molecule has 0 saturated carbocycles. The van der Waals surface area contributed by atoms with Crippen molar-refractivity contribution < 1.29 is 9.90 Å². The molecule has 1 rings (SSSR count). The van der Waals surface area contributed by atoms with Gasteiger partial charge in [-0.1, -0.05) is 32.5 Å². The first kappa shape index (κ1) is 14.1. The molecular weight excluding hydrogens is 236 g/mol. The van der Waals surface area contributed by atoms with E-state index in [0.717, 1.165) is 30.0 Å². The van der Waals surface area contributed by atoms with E-state index in [2.05, 4.69) is 25.9 Å². The molecule has 0 amide bonds. The molecule has 0 saturated heterocycles. The van der Waals surface area contributed by atoms with Crippen LogP contribution in [0, 0.1) is 0 Å². The van der Waals surface area contributed by atoms with Gasteiger partial charge in [-0.3, -0.25) is 9.48 Å². The zero-order valence-corrected chi connectivity index (χ0v) is 11.5. The molecule has 96 valence electrons. The topological polar surface area (TPSA) is 55.1 Å². The summed E-state index contributed by atoms with van der Waals surface area (Å²) < 4.78 is 1.99. The molecule has 0 atom stereocenters. The van der Waals surface area contributed by atoms with Crippen molar-refractivity contribution in [3.05, 3.63) is 11.8 Å². The lowest BCUT2D eigenvalue weighted by Crippen LogP contribution is -2.11. The monoisotopic (exact) mass is 256 g/mol. The van der Waals surface area contributed by atoms with Gasteiger partial charge < -0.3 is 5.11 Å². The third kappa shape index (κ3) is 3.77. The highest BCUT2D eigenvalue weighted by Crippen LogP contribution is 2.26. The number of aromatic nitrogens is 2. The number of carboxylic acid groups (broad SMARTS) is 1. The van der Waals surface area contributed by atoms with Crippen molar-refractivity contribution >= 4 is 17.7 Å². The number of aliphatic carboxylic acids is 1. The van der Waals surface area contributed by atoms with E-state index in [0.29, 0.717) is 6.04 Å². The number of hydrogen-bond donors (Lipinski definition) is 1. The molecule has 0 aromatic carbocycles. The van der Waals surface area contributed by atoms with E-state index in [-0.39, 0.29) is 5.75 Å². The predicted octanol–water partition coefficient (Wildman–Crippen LogP) is 2.98. The lowest BCUT2D eigenvalue weighted by molar-refractivity contribution is -0.133. The summed E-state index contributed by atoms with van der Waals surface area (Å²) in [5.74, 6) is -0.694. The smallest absolute Gasteiger partial charge is 0.313 e. The van der Waals surface area contributed by atoms with Crippen LogP contribution in [0.2, 0.25) is 0 Å². The molecule has 4 nitrogen and oxygen atoms in total. The maximum atomic E-state index is 10.6. The Kier molecular flexibility index (Phi) is 5.55. The van der Waals surface area contributed by atoms with Gasteiger partial charge in [-0.05, 0) is 25.3 Å². The van der Waals surface area contributed by atoms with Crippen LogP contribution < -0.4 is 0 Å². The fourth-order valence-electron chi connectivity index (χ4n) is 1.74. The molecule has 1 aromatic heterocycles. The molecule has 0 unspecified atom stereocenters. The molecule has 0 spiro atoms. The third-order valence-corrected chi connectivity index (χ3v) is 3.74. The summed E-state index contributed by atoms with van der Waals surface area (Å²) in [5, 5.41) is 14.3. The fourth-order valence-corrected chi connectivity index (χ4v) is 2.55. The van der Waals surface area contributed by atoms with E-state index in [4.69, 9.17) is 5.11 Å². The second kappa shape index (κ2) is 6.69. The summed E-state index contributed by atoms with van der Waals surface area (Å²) in [6.45, 7) is 6.32. The highest BCUT2D eigenvalue weighted by Gasteiger charge is 2.15. The summed E-state index contributed by atoms with van der Waals surface area (Å²) >= 11 is 1.35. The Labute approximate surface area is 106 Å². The van der Waals surface area contributed by atoms with Crippen LogP contribution in [0.4, 0.5) is 0 Å². The van der Waals surface area contributed by atoms with E-state index < -0.39 is 5.97 Å². The molecule has 0 fully saturated rings. The van der Waals surface area contributed by atoms with Crippen LogP contribution in [-0.2, 0) is 11.2 Å².